The van der Waals surface area contributed by atoms with E-state index < -0.39 is 0 Å². The molecule has 0 aliphatic rings. The Balaban J connectivity index is 1.55. The standard InChI is InChI=1S/C29H31Cl2N5O2/c1-5-15-35(28(38)32-24-12-8-10-19-9-6-7-11-21(19)24)18-27(37)33-26-17-25(29(2,3)4)34-36(26)20-13-14-22(30)23(31)16-20/h6-14,16-17H,5,15,18H2,1-4H3,(H,32,38)(H,33,37). The second-order valence-corrected chi connectivity index (χ2v) is 10.9. The van der Waals surface area contributed by atoms with Crippen LogP contribution in [-0.4, -0.2) is 39.7 Å². The van der Waals surface area contributed by atoms with Crippen molar-refractivity contribution >= 4 is 57.4 Å². The van der Waals surface area contributed by atoms with Crippen LogP contribution in [0.25, 0.3) is 16.5 Å². The molecular formula is C29H31Cl2N5O2. The third kappa shape index (κ3) is 6.29. The molecule has 38 heavy (non-hydrogen) atoms. The first kappa shape index (κ1) is 27.5. The summed E-state index contributed by atoms with van der Waals surface area (Å²) < 4.78 is 1.63. The lowest BCUT2D eigenvalue weighted by atomic mass is 9.92. The average Bonchev–Trinajstić information content (AvgIpc) is 3.30. The van der Waals surface area contributed by atoms with E-state index in [4.69, 9.17) is 28.3 Å². The van der Waals surface area contributed by atoms with E-state index in [-0.39, 0.29) is 23.9 Å². The van der Waals surface area contributed by atoms with E-state index in [2.05, 4.69) is 10.6 Å². The Morgan fingerprint density at radius 3 is 2.39 bits per heavy atom. The Hall–Kier alpha value is -3.55. The quantitative estimate of drug-likeness (QED) is 0.249. The molecule has 3 amide bonds. The minimum atomic E-state index is -0.341. The van der Waals surface area contributed by atoms with Crippen molar-refractivity contribution in [1.82, 2.24) is 14.7 Å². The number of hydrogen-bond acceptors (Lipinski definition) is 3. The van der Waals surface area contributed by atoms with Crippen LogP contribution >= 0.6 is 23.2 Å². The van der Waals surface area contributed by atoms with Crippen LogP contribution < -0.4 is 10.6 Å². The molecule has 1 heterocycles. The molecule has 0 atom stereocenters. The zero-order chi connectivity index (χ0) is 27.4. The SMILES string of the molecule is CCCN(CC(=O)Nc1cc(C(C)(C)C)nn1-c1ccc(Cl)c(Cl)c1)C(=O)Nc1cccc2ccccc12. The van der Waals surface area contributed by atoms with Gasteiger partial charge < -0.3 is 15.5 Å². The monoisotopic (exact) mass is 551 g/mol. The summed E-state index contributed by atoms with van der Waals surface area (Å²) in [6, 6.07) is 20.2. The van der Waals surface area contributed by atoms with Crippen molar-refractivity contribution in [3.05, 3.63) is 82.5 Å². The lowest BCUT2D eigenvalue weighted by Gasteiger charge is -2.22. The Morgan fingerprint density at radius 2 is 1.68 bits per heavy atom. The minimum Gasteiger partial charge on any atom is -0.315 e. The number of amides is 3. The third-order valence-electron chi connectivity index (χ3n) is 6.04. The van der Waals surface area contributed by atoms with Gasteiger partial charge in [-0.2, -0.15) is 5.10 Å². The largest absolute Gasteiger partial charge is 0.322 e. The lowest BCUT2D eigenvalue weighted by Crippen LogP contribution is -2.41. The Kier molecular flexibility index (Phi) is 8.29. The maximum Gasteiger partial charge on any atom is 0.322 e. The highest BCUT2D eigenvalue weighted by Crippen LogP contribution is 2.29. The van der Waals surface area contributed by atoms with E-state index in [1.807, 2.05) is 76.2 Å². The van der Waals surface area contributed by atoms with Crippen molar-refractivity contribution in [3.8, 4) is 5.69 Å². The van der Waals surface area contributed by atoms with Gasteiger partial charge in [-0.3, -0.25) is 4.79 Å². The summed E-state index contributed by atoms with van der Waals surface area (Å²) in [6.45, 7) is 8.39. The molecule has 9 heteroatoms. The molecule has 0 aliphatic heterocycles. The van der Waals surface area contributed by atoms with Crippen molar-refractivity contribution in [2.45, 2.75) is 39.5 Å². The van der Waals surface area contributed by atoms with Gasteiger partial charge in [-0.05, 0) is 36.1 Å². The Morgan fingerprint density at radius 1 is 0.947 bits per heavy atom. The van der Waals surface area contributed by atoms with Crippen molar-refractivity contribution in [1.29, 1.82) is 0 Å². The van der Waals surface area contributed by atoms with E-state index in [1.165, 1.54) is 4.90 Å². The van der Waals surface area contributed by atoms with Crippen LogP contribution in [0.2, 0.25) is 10.0 Å². The normalized spacial score (nSPS) is 11.4. The molecule has 0 unspecified atom stereocenters. The zero-order valence-corrected chi connectivity index (χ0v) is 23.4. The molecule has 0 spiro atoms. The van der Waals surface area contributed by atoms with Crippen LogP contribution in [0, 0.1) is 0 Å². The molecule has 198 valence electrons. The van der Waals surface area contributed by atoms with Gasteiger partial charge in [-0.25, -0.2) is 9.48 Å². The number of anilines is 2. The predicted octanol–water partition coefficient (Wildman–Crippen LogP) is 7.51. The lowest BCUT2D eigenvalue weighted by molar-refractivity contribution is -0.116. The number of carbonyl (C=O) groups is 2. The highest BCUT2D eigenvalue weighted by molar-refractivity contribution is 6.42. The van der Waals surface area contributed by atoms with Gasteiger partial charge in [-0.15, -0.1) is 0 Å². The highest BCUT2D eigenvalue weighted by atomic mass is 35.5. The van der Waals surface area contributed by atoms with Crippen molar-refractivity contribution in [2.24, 2.45) is 0 Å². The molecule has 0 saturated carbocycles. The van der Waals surface area contributed by atoms with Crippen LogP contribution in [0.5, 0.6) is 0 Å². The molecule has 7 nitrogen and oxygen atoms in total. The topological polar surface area (TPSA) is 79.3 Å². The van der Waals surface area contributed by atoms with Gasteiger partial charge in [-0.1, -0.05) is 87.3 Å². The number of nitrogens with zero attached hydrogens (tertiary/aromatic N) is 3. The molecule has 3 aromatic carbocycles. The van der Waals surface area contributed by atoms with Crippen LogP contribution in [0.4, 0.5) is 16.3 Å². The number of fused-ring (bicyclic) bond motifs is 1. The van der Waals surface area contributed by atoms with Crippen molar-refractivity contribution < 1.29 is 9.59 Å². The summed E-state index contributed by atoms with van der Waals surface area (Å²) in [5, 5.41) is 13.4. The number of urea groups is 1. The first-order valence-corrected chi connectivity index (χ1v) is 13.2. The molecule has 0 aliphatic carbocycles. The maximum absolute atomic E-state index is 13.2. The average molecular weight is 553 g/mol. The highest BCUT2D eigenvalue weighted by Gasteiger charge is 2.23. The molecular weight excluding hydrogens is 521 g/mol. The predicted molar refractivity (Wildman–Crippen MR) is 156 cm³/mol. The molecule has 4 aromatic rings. The summed E-state index contributed by atoms with van der Waals surface area (Å²) in [5.41, 5.74) is 1.89. The van der Waals surface area contributed by atoms with E-state index in [0.717, 1.165) is 16.5 Å². The van der Waals surface area contributed by atoms with Crippen LogP contribution in [-0.2, 0) is 10.2 Å². The number of benzene rings is 3. The smallest absolute Gasteiger partial charge is 0.315 e. The second-order valence-electron chi connectivity index (χ2n) is 10.1. The molecule has 0 bridgehead atoms. The van der Waals surface area contributed by atoms with Crippen LogP contribution in [0.3, 0.4) is 0 Å². The summed E-state index contributed by atoms with van der Waals surface area (Å²) in [6.07, 6.45) is 0.700. The van der Waals surface area contributed by atoms with Gasteiger partial charge in [0.15, 0.2) is 0 Å². The number of aromatic nitrogens is 2. The molecule has 0 fully saturated rings. The van der Waals surface area contributed by atoms with E-state index in [9.17, 15) is 9.59 Å². The fourth-order valence-electron chi connectivity index (χ4n) is 4.06. The zero-order valence-electron chi connectivity index (χ0n) is 21.9. The molecule has 0 saturated heterocycles. The van der Waals surface area contributed by atoms with E-state index in [1.54, 1.807) is 22.9 Å². The van der Waals surface area contributed by atoms with Gasteiger partial charge in [0.1, 0.15) is 12.4 Å². The third-order valence-corrected chi connectivity index (χ3v) is 6.78. The summed E-state index contributed by atoms with van der Waals surface area (Å²) in [4.78, 5) is 27.9. The summed E-state index contributed by atoms with van der Waals surface area (Å²) in [7, 11) is 0. The number of halogens is 2. The van der Waals surface area contributed by atoms with Crippen molar-refractivity contribution in [2.75, 3.05) is 23.7 Å². The molecule has 4 rings (SSSR count). The number of rotatable bonds is 7. The fourth-order valence-corrected chi connectivity index (χ4v) is 4.35. The van der Waals surface area contributed by atoms with E-state index in [0.29, 0.717) is 40.2 Å². The Labute approximate surface area is 232 Å². The van der Waals surface area contributed by atoms with Gasteiger partial charge in [0.25, 0.3) is 0 Å². The number of hydrogen-bond donors (Lipinski definition) is 2. The first-order valence-electron chi connectivity index (χ1n) is 12.5. The second kappa shape index (κ2) is 11.5. The number of nitrogens with one attached hydrogen (secondary N) is 2. The minimum absolute atomic E-state index is 0.123. The summed E-state index contributed by atoms with van der Waals surface area (Å²) in [5.74, 6) is 0.136. The molecule has 2 N–H and O–H groups in total. The van der Waals surface area contributed by atoms with Gasteiger partial charge in [0, 0.05) is 23.4 Å². The van der Waals surface area contributed by atoms with Crippen molar-refractivity contribution in [3.63, 3.8) is 0 Å². The van der Waals surface area contributed by atoms with Gasteiger partial charge in [0.05, 0.1) is 27.1 Å². The van der Waals surface area contributed by atoms with E-state index >= 15 is 0 Å². The van der Waals surface area contributed by atoms with Gasteiger partial charge >= 0.3 is 6.03 Å². The number of carbonyl (C=O) groups excluding carboxylic acids is 2. The molecule has 0 radical (unpaired) electrons. The maximum atomic E-state index is 13.2. The first-order chi connectivity index (χ1) is 18.1. The summed E-state index contributed by atoms with van der Waals surface area (Å²) >= 11 is 12.4. The van der Waals surface area contributed by atoms with Crippen LogP contribution in [0.1, 0.15) is 39.8 Å². The molecule has 1 aromatic heterocycles. The Bertz CT molecular complexity index is 1470. The van der Waals surface area contributed by atoms with Gasteiger partial charge in [0.2, 0.25) is 5.91 Å². The fraction of sp³-hybridized carbons (Fsp3) is 0.276. The van der Waals surface area contributed by atoms with Crippen LogP contribution in [0.15, 0.2) is 66.7 Å².